The zero-order valence-corrected chi connectivity index (χ0v) is 15.5. The maximum atomic E-state index is 12.0. The molecule has 0 spiro atoms. The van der Waals surface area contributed by atoms with E-state index in [1.165, 1.54) is 6.92 Å². The van der Waals surface area contributed by atoms with Gasteiger partial charge in [0, 0.05) is 15.7 Å². The summed E-state index contributed by atoms with van der Waals surface area (Å²) >= 11 is 7.50. The minimum atomic E-state index is -1.13. The van der Waals surface area contributed by atoms with Gasteiger partial charge in [0.2, 0.25) is 0 Å². The van der Waals surface area contributed by atoms with Gasteiger partial charge in [-0.3, -0.25) is 10.1 Å². The smallest absolute Gasteiger partial charge is 0.338 e. The summed E-state index contributed by atoms with van der Waals surface area (Å²) in [5, 5.41) is 2.55. The maximum Gasteiger partial charge on any atom is 0.338 e. The lowest BCUT2D eigenvalue weighted by Crippen LogP contribution is -2.42. The van der Waals surface area contributed by atoms with E-state index in [4.69, 9.17) is 22.1 Å². The molecule has 1 atom stereocenters. The first-order chi connectivity index (χ1) is 12.3. The molecule has 2 aromatic carbocycles. The van der Waals surface area contributed by atoms with Crippen LogP contribution in [0.4, 0.5) is 4.79 Å². The molecule has 26 heavy (non-hydrogen) atoms. The van der Waals surface area contributed by atoms with Gasteiger partial charge in [0.1, 0.15) is 0 Å². The summed E-state index contributed by atoms with van der Waals surface area (Å²) in [4.78, 5) is 35.3. The number of benzene rings is 2. The van der Waals surface area contributed by atoms with Crippen LogP contribution in [-0.4, -0.2) is 24.0 Å². The summed E-state index contributed by atoms with van der Waals surface area (Å²) in [6.45, 7) is 1.35. The molecule has 3 amide bonds. The van der Waals surface area contributed by atoms with Gasteiger partial charge in [0.25, 0.3) is 5.91 Å². The van der Waals surface area contributed by atoms with E-state index in [2.05, 4.69) is 0 Å². The fourth-order valence-corrected chi connectivity index (χ4v) is 2.92. The predicted molar refractivity (Wildman–Crippen MR) is 100 cm³/mol. The van der Waals surface area contributed by atoms with Gasteiger partial charge in [0.05, 0.1) is 5.56 Å². The van der Waals surface area contributed by atoms with E-state index in [9.17, 15) is 14.4 Å². The quantitative estimate of drug-likeness (QED) is 0.580. The normalized spacial score (nSPS) is 11.5. The van der Waals surface area contributed by atoms with Gasteiger partial charge in [-0.2, -0.15) is 0 Å². The molecule has 3 N–H and O–H groups in total. The van der Waals surface area contributed by atoms with E-state index in [0.29, 0.717) is 10.6 Å². The van der Waals surface area contributed by atoms with E-state index in [1.54, 1.807) is 23.9 Å². The molecule has 0 saturated carbocycles. The van der Waals surface area contributed by atoms with Gasteiger partial charge in [-0.15, -0.1) is 11.8 Å². The van der Waals surface area contributed by atoms with Crippen LogP contribution in [-0.2, 0) is 15.3 Å². The first-order valence-corrected chi connectivity index (χ1v) is 9.00. The zero-order chi connectivity index (χ0) is 19.1. The molecule has 0 radical (unpaired) electrons. The monoisotopic (exact) mass is 392 g/mol. The van der Waals surface area contributed by atoms with Gasteiger partial charge in [-0.25, -0.2) is 9.59 Å². The second-order valence-electron chi connectivity index (χ2n) is 5.34. The first-order valence-electron chi connectivity index (χ1n) is 7.63. The third-order valence-corrected chi connectivity index (χ3v) is 4.64. The van der Waals surface area contributed by atoms with E-state index in [1.807, 2.05) is 41.7 Å². The van der Waals surface area contributed by atoms with Crippen molar-refractivity contribution >= 4 is 41.3 Å². The Hall–Kier alpha value is -2.51. The number of carbonyl (C=O) groups excluding carboxylic acids is 3. The van der Waals surface area contributed by atoms with Crippen LogP contribution in [0.15, 0.2) is 53.4 Å². The lowest BCUT2D eigenvalue weighted by atomic mass is 10.1. The Balaban J connectivity index is 1.89. The molecule has 0 aliphatic carbocycles. The highest BCUT2D eigenvalue weighted by Crippen LogP contribution is 2.24. The minimum Gasteiger partial charge on any atom is -0.449 e. The van der Waals surface area contributed by atoms with E-state index in [0.717, 1.165) is 16.2 Å². The molecular weight excluding hydrogens is 376 g/mol. The fraction of sp³-hybridized carbons (Fsp3) is 0.167. The number of primary amides is 1. The largest absolute Gasteiger partial charge is 0.449 e. The molecule has 0 unspecified atom stereocenters. The van der Waals surface area contributed by atoms with E-state index >= 15 is 0 Å². The van der Waals surface area contributed by atoms with Crippen LogP contribution in [0.1, 0.15) is 22.8 Å². The van der Waals surface area contributed by atoms with Crippen LogP contribution < -0.4 is 11.1 Å². The number of esters is 1. The number of rotatable bonds is 6. The second-order valence-corrected chi connectivity index (χ2v) is 6.83. The van der Waals surface area contributed by atoms with Crippen molar-refractivity contribution in [3.8, 4) is 0 Å². The number of urea groups is 1. The molecule has 0 fully saturated rings. The third kappa shape index (κ3) is 6.09. The molecule has 2 rings (SSSR count). The molecule has 0 heterocycles. The molecule has 136 valence electrons. The SMILES string of the molecule is C[C@@H](OC(=O)c1ccc(CSc2ccc(Cl)cc2)cc1)C(=O)NC(N)=O. The van der Waals surface area contributed by atoms with Crippen molar-refractivity contribution in [1.82, 2.24) is 5.32 Å². The van der Waals surface area contributed by atoms with Crippen molar-refractivity contribution in [3.05, 3.63) is 64.7 Å². The van der Waals surface area contributed by atoms with Crippen molar-refractivity contribution in [2.45, 2.75) is 23.7 Å². The Morgan fingerprint density at radius 3 is 2.31 bits per heavy atom. The highest BCUT2D eigenvalue weighted by atomic mass is 35.5. The molecule has 6 nitrogen and oxygen atoms in total. The predicted octanol–water partition coefficient (Wildman–Crippen LogP) is 3.37. The summed E-state index contributed by atoms with van der Waals surface area (Å²) in [5.74, 6) is -0.704. The number of nitrogens with two attached hydrogens (primary N) is 1. The molecule has 0 aliphatic heterocycles. The Kier molecular flexibility index (Phi) is 7.06. The van der Waals surface area contributed by atoms with Crippen LogP contribution in [0.3, 0.4) is 0 Å². The fourth-order valence-electron chi connectivity index (χ4n) is 1.94. The lowest BCUT2D eigenvalue weighted by molar-refractivity contribution is -0.127. The van der Waals surface area contributed by atoms with Gasteiger partial charge in [0.15, 0.2) is 6.10 Å². The highest BCUT2D eigenvalue weighted by molar-refractivity contribution is 7.98. The standard InChI is InChI=1S/C18H17ClN2O4S/c1-11(16(22)21-18(20)24)25-17(23)13-4-2-12(3-5-13)10-26-15-8-6-14(19)7-9-15/h2-9,11H,10H2,1H3,(H3,20,21,22,24)/t11-/m1/s1. The maximum absolute atomic E-state index is 12.0. The van der Waals surface area contributed by atoms with Crippen LogP contribution in [0.5, 0.6) is 0 Å². The molecule has 0 aliphatic rings. The van der Waals surface area contributed by atoms with Crippen molar-refractivity contribution in [1.29, 1.82) is 0 Å². The van der Waals surface area contributed by atoms with Crippen LogP contribution >= 0.6 is 23.4 Å². The summed E-state index contributed by atoms with van der Waals surface area (Å²) in [6, 6.07) is 13.4. The Bertz CT molecular complexity index is 794. The topological polar surface area (TPSA) is 98.5 Å². The highest BCUT2D eigenvalue weighted by Gasteiger charge is 2.19. The summed E-state index contributed by atoms with van der Waals surface area (Å²) < 4.78 is 5.00. The molecular formula is C18H17ClN2O4S. The molecule has 0 aromatic heterocycles. The Labute approximate surface area is 160 Å². The number of halogens is 1. The summed E-state index contributed by atoms with van der Waals surface area (Å²) in [7, 11) is 0. The lowest BCUT2D eigenvalue weighted by Gasteiger charge is -2.12. The molecule has 2 aromatic rings. The third-order valence-electron chi connectivity index (χ3n) is 3.31. The van der Waals surface area contributed by atoms with E-state index < -0.39 is 24.0 Å². The molecule has 0 bridgehead atoms. The number of ether oxygens (including phenoxy) is 1. The number of imide groups is 1. The number of carbonyl (C=O) groups is 3. The van der Waals surface area contributed by atoms with Crippen molar-refractivity contribution in [2.24, 2.45) is 5.73 Å². The summed E-state index contributed by atoms with van der Waals surface area (Å²) in [5.41, 5.74) is 6.19. The number of thioether (sulfide) groups is 1. The molecule has 0 saturated heterocycles. The number of hydrogen-bond acceptors (Lipinski definition) is 5. The van der Waals surface area contributed by atoms with Crippen LogP contribution in [0.2, 0.25) is 5.02 Å². The Morgan fingerprint density at radius 2 is 1.73 bits per heavy atom. The van der Waals surface area contributed by atoms with Crippen molar-refractivity contribution in [2.75, 3.05) is 0 Å². The second kappa shape index (κ2) is 9.26. The number of amides is 3. The Morgan fingerprint density at radius 1 is 1.12 bits per heavy atom. The molecule has 8 heteroatoms. The van der Waals surface area contributed by atoms with Crippen molar-refractivity contribution < 1.29 is 19.1 Å². The van der Waals surface area contributed by atoms with E-state index in [-0.39, 0.29) is 0 Å². The number of nitrogens with one attached hydrogen (secondary N) is 1. The first kappa shape index (κ1) is 19.8. The zero-order valence-electron chi connectivity index (χ0n) is 13.9. The van der Waals surface area contributed by atoms with Crippen LogP contribution in [0.25, 0.3) is 0 Å². The minimum absolute atomic E-state index is 0.309. The number of hydrogen-bond donors (Lipinski definition) is 2. The average molecular weight is 393 g/mol. The van der Waals surface area contributed by atoms with Gasteiger partial charge in [-0.1, -0.05) is 23.7 Å². The van der Waals surface area contributed by atoms with Gasteiger partial charge in [-0.05, 0) is 48.9 Å². The summed E-state index contributed by atoms with van der Waals surface area (Å²) in [6.07, 6.45) is -1.13. The van der Waals surface area contributed by atoms with Crippen molar-refractivity contribution in [3.63, 3.8) is 0 Å². The average Bonchev–Trinajstić information content (AvgIpc) is 2.61. The van der Waals surface area contributed by atoms with Gasteiger partial charge < -0.3 is 10.5 Å². The van der Waals surface area contributed by atoms with Gasteiger partial charge >= 0.3 is 12.0 Å². The van der Waals surface area contributed by atoms with Crippen LogP contribution in [0, 0.1) is 0 Å².